The zero-order valence-electron chi connectivity index (χ0n) is 9.28. The van der Waals surface area contributed by atoms with Crippen molar-refractivity contribution in [2.45, 2.75) is 13.1 Å². The summed E-state index contributed by atoms with van der Waals surface area (Å²) in [6, 6.07) is 0. The molecule has 0 saturated heterocycles. The lowest BCUT2D eigenvalue weighted by atomic mass is 10.4. The highest BCUT2D eigenvalue weighted by Crippen LogP contribution is 2.11. The second-order valence-electron chi connectivity index (χ2n) is 3.33. The van der Waals surface area contributed by atoms with Gasteiger partial charge in [-0.3, -0.25) is 4.68 Å². The molecule has 2 N–H and O–H groups in total. The fraction of sp³-hybridized carbons (Fsp3) is 0.333. The average Bonchev–Trinajstić information content (AvgIpc) is 2.95. The number of imidazole rings is 1. The van der Waals surface area contributed by atoms with Gasteiger partial charge in [0.25, 0.3) is 0 Å². The van der Waals surface area contributed by atoms with Gasteiger partial charge in [0.2, 0.25) is 0 Å². The van der Waals surface area contributed by atoms with E-state index in [0.717, 1.165) is 0 Å². The monoisotopic (exact) mass is 236 g/mol. The number of carbonyl (C=O) groups excluding carboxylic acids is 1. The second-order valence-corrected chi connectivity index (χ2v) is 3.33. The maximum Gasteiger partial charge on any atom is 0.360 e. The Balaban J connectivity index is 2.07. The molecule has 0 unspecified atom stereocenters. The summed E-state index contributed by atoms with van der Waals surface area (Å²) in [6.45, 7) is 1.15. The van der Waals surface area contributed by atoms with Crippen LogP contribution >= 0.6 is 0 Å². The van der Waals surface area contributed by atoms with Gasteiger partial charge in [0.1, 0.15) is 5.82 Å². The summed E-state index contributed by atoms with van der Waals surface area (Å²) in [7, 11) is 1.29. The predicted molar refractivity (Wildman–Crippen MR) is 58.0 cm³/mol. The topological polar surface area (TPSA) is 101 Å². The van der Waals surface area contributed by atoms with Gasteiger partial charge in [-0.05, 0) is 0 Å². The number of anilines is 1. The van der Waals surface area contributed by atoms with Crippen LogP contribution in [0.5, 0.6) is 0 Å². The van der Waals surface area contributed by atoms with Gasteiger partial charge in [-0.2, -0.15) is 0 Å². The molecular formula is C9H12N6O2. The van der Waals surface area contributed by atoms with Crippen LogP contribution in [0, 0.1) is 0 Å². The van der Waals surface area contributed by atoms with Crippen molar-refractivity contribution in [1.82, 2.24) is 24.5 Å². The molecule has 90 valence electrons. The number of methoxy groups -OCH3 is 1. The van der Waals surface area contributed by atoms with E-state index in [1.54, 1.807) is 21.6 Å². The van der Waals surface area contributed by atoms with Crippen molar-refractivity contribution in [1.29, 1.82) is 0 Å². The van der Waals surface area contributed by atoms with Crippen LogP contribution in [0.3, 0.4) is 0 Å². The smallest absolute Gasteiger partial charge is 0.360 e. The molecule has 0 radical (unpaired) electrons. The van der Waals surface area contributed by atoms with E-state index in [4.69, 9.17) is 5.73 Å². The molecule has 8 nitrogen and oxygen atoms in total. The molecule has 0 aromatic carbocycles. The Hall–Kier alpha value is -2.38. The second kappa shape index (κ2) is 4.64. The number of aromatic nitrogens is 5. The van der Waals surface area contributed by atoms with Crippen molar-refractivity contribution in [3.05, 3.63) is 24.4 Å². The van der Waals surface area contributed by atoms with E-state index >= 15 is 0 Å². The molecular weight excluding hydrogens is 224 g/mol. The highest BCUT2D eigenvalue weighted by Gasteiger charge is 2.15. The minimum Gasteiger partial charge on any atom is -0.464 e. The van der Waals surface area contributed by atoms with Crippen LogP contribution in [-0.4, -0.2) is 37.6 Å². The first-order valence-electron chi connectivity index (χ1n) is 4.95. The first-order chi connectivity index (χ1) is 8.22. The Bertz CT molecular complexity index is 504. The maximum atomic E-state index is 11.3. The fourth-order valence-corrected chi connectivity index (χ4v) is 1.39. The van der Waals surface area contributed by atoms with Crippen molar-refractivity contribution >= 4 is 11.8 Å². The number of hydrogen-bond acceptors (Lipinski definition) is 6. The van der Waals surface area contributed by atoms with E-state index in [2.05, 4.69) is 20.0 Å². The molecule has 0 aliphatic rings. The SMILES string of the molecule is COC(=O)c1ncn(CCn2ccnn2)c1N. The van der Waals surface area contributed by atoms with Gasteiger partial charge in [-0.15, -0.1) is 5.10 Å². The zero-order valence-corrected chi connectivity index (χ0v) is 9.28. The van der Waals surface area contributed by atoms with Crippen LogP contribution in [0.25, 0.3) is 0 Å². The standard InChI is InChI=1S/C9H12N6O2/c1-17-9(16)7-8(10)14(6-11-7)4-5-15-3-2-12-13-15/h2-3,6H,4-5,10H2,1H3. The van der Waals surface area contributed by atoms with Gasteiger partial charge >= 0.3 is 5.97 Å². The molecule has 2 heterocycles. The largest absolute Gasteiger partial charge is 0.464 e. The Morgan fingerprint density at radius 1 is 1.53 bits per heavy atom. The normalized spacial score (nSPS) is 10.4. The summed E-state index contributed by atoms with van der Waals surface area (Å²) >= 11 is 0. The molecule has 0 bridgehead atoms. The van der Waals surface area contributed by atoms with Crippen molar-refractivity contribution in [3.8, 4) is 0 Å². The number of nitrogen functional groups attached to an aromatic ring is 1. The van der Waals surface area contributed by atoms with E-state index in [-0.39, 0.29) is 11.5 Å². The van der Waals surface area contributed by atoms with Crippen molar-refractivity contribution in [2.24, 2.45) is 0 Å². The van der Waals surface area contributed by atoms with Crippen LogP contribution in [-0.2, 0) is 17.8 Å². The molecule has 0 fully saturated rings. The minimum absolute atomic E-state index is 0.131. The van der Waals surface area contributed by atoms with E-state index in [1.165, 1.54) is 13.4 Å². The summed E-state index contributed by atoms with van der Waals surface area (Å²) in [4.78, 5) is 15.2. The third kappa shape index (κ3) is 2.25. The lowest BCUT2D eigenvalue weighted by molar-refractivity contribution is 0.0596. The summed E-state index contributed by atoms with van der Waals surface area (Å²) in [5.41, 5.74) is 5.90. The summed E-state index contributed by atoms with van der Waals surface area (Å²) in [5, 5.41) is 7.51. The van der Waals surface area contributed by atoms with Crippen LogP contribution in [0.1, 0.15) is 10.5 Å². The molecule has 2 aromatic rings. The molecule has 0 saturated carbocycles. The van der Waals surface area contributed by atoms with Crippen LogP contribution in [0.2, 0.25) is 0 Å². The fourth-order valence-electron chi connectivity index (χ4n) is 1.39. The van der Waals surface area contributed by atoms with Crippen LogP contribution in [0.15, 0.2) is 18.7 Å². The van der Waals surface area contributed by atoms with Crippen molar-refractivity contribution in [2.75, 3.05) is 12.8 Å². The molecule has 0 aliphatic carbocycles. The van der Waals surface area contributed by atoms with Gasteiger partial charge in [-0.25, -0.2) is 9.78 Å². The molecule has 0 atom stereocenters. The first kappa shape index (κ1) is 11.1. The Morgan fingerprint density at radius 2 is 2.35 bits per heavy atom. The Kier molecular flexibility index (Phi) is 3.03. The molecule has 17 heavy (non-hydrogen) atoms. The number of aryl methyl sites for hydroxylation is 2. The first-order valence-corrected chi connectivity index (χ1v) is 4.95. The van der Waals surface area contributed by atoms with E-state index in [9.17, 15) is 4.79 Å². The lowest BCUT2D eigenvalue weighted by Crippen LogP contribution is -2.11. The Labute approximate surface area is 97.0 Å². The summed E-state index contributed by atoms with van der Waals surface area (Å²) in [5.74, 6) is -0.251. The number of hydrogen-bond donors (Lipinski definition) is 1. The van der Waals surface area contributed by atoms with E-state index in [0.29, 0.717) is 13.1 Å². The number of ether oxygens (including phenoxy) is 1. The highest BCUT2D eigenvalue weighted by molar-refractivity contribution is 5.91. The van der Waals surface area contributed by atoms with Crippen molar-refractivity contribution in [3.63, 3.8) is 0 Å². The number of rotatable bonds is 4. The minimum atomic E-state index is -0.540. The summed E-state index contributed by atoms with van der Waals surface area (Å²) < 4.78 is 7.88. The highest BCUT2D eigenvalue weighted by atomic mass is 16.5. The number of nitrogens with two attached hydrogens (primary N) is 1. The Morgan fingerprint density at radius 3 is 3.00 bits per heavy atom. The van der Waals surface area contributed by atoms with E-state index < -0.39 is 5.97 Å². The van der Waals surface area contributed by atoms with Gasteiger partial charge in [-0.1, -0.05) is 5.21 Å². The number of esters is 1. The average molecular weight is 236 g/mol. The van der Waals surface area contributed by atoms with Gasteiger partial charge in [0, 0.05) is 12.7 Å². The number of carbonyl (C=O) groups is 1. The quantitative estimate of drug-likeness (QED) is 0.721. The van der Waals surface area contributed by atoms with Crippen molar-refractivity contribution < 1.29 is 9.53 Å². The third-order valence-electron chi connectivity index (χ3n) is 2.30. The molecule has 0 spiro atoms. The summed E-state index contributed by atoms with van der Waals surface area (Å²) in [6.07, 6.45) is 4.84. The van der Waals surface area contributed by atoms with Gasteiger partial charge in [0.15, 0.2) is 5.69 Å². The van der Waals surface area contributed by atoms with Gasteiger partial charge < -0.3 is 15.0 Å². The molecule has 0 aliphatic heterocycles. The molecule has 2 aromatic heterocycles. The van der Waals surface area contributed by atoms with Crippen LogP contribution in [0.4, 0.5) is 5.82 Å². The zero-order chi connectivity index (χ0) is 12.3. The molecule has 0 amide bonds. The van der Waals surface area contributed by atoms with Gasteiger partial charge in [0.05, 0.1) is 26.2 Å². The maximum absolute atomic E-state index is 11.3. The molecule has 2 rings (SSSR count). The molecule has 8 heteroatoms. The number of nitrogens with zero attached hydrogens (tertiary/aromatic N) is 5. The lowest BCUT2D eigenvalue weighted by Gasteiger charge is -2.04. The van der Waals surface area contributed by atoms with E-state index in [1.807, 2.05) is 0 Å². The third-order valence-corrected chi connectivity index (χ3v) is 2.30. The predicted octanol–water partition coefficient (Wildman–Crippen LogP) is -0.456. The van der Waals surface area contributed by atoms with Crippen LogP contribution < -0.4 is 5.73 Å².